The van der Waals surface area contributed by atoms with Crippen molar-refractivity contribution < 1.29 is 22.7 Å². The molecule has 2 heterocycles. The fourth-order valence-electron chi connectivity index (χ4n) is 4.68. The molecule has 170 valence electrons. The Morgan fingerprint density at radius 3 is 2.48 bits per heavy atom. The van der Waals surface area contributed by atoms with Crippen molar-refractivity contribution in [3.63, 3.8) is 0 Å². The molecular weight excluding hydrogens is 418 g/mol. The molecule has 0 aromatic heterocycles. The second-order valence-electron chi connectivity index (χ2n) is 8.89. The van der Waals surface area contributed by atoms with Crippen LogP contribution in [0.25, 0.3) is 0 Å². The Morgan fingerprint density at radius 1 is 1.13 bits per heavy atom. The Bertz CT molecular complexity index is 964. The SMILES string of the molecule is Cc1cc2c(cc1S(=O)(=O)N1CCC(C(=O)NC3CCCCC3)CC1)O[C@H](C)C(=O)N2. The molecule has 0 radical (unpaired) electrons. The third-order valence-electron chi connectivity index (χ3n) is 6.60. The number of nitrogens with zero attached hydrogens (tertiary/aromatic N) is 1. The first-order chi connectivity index (χ1) is 14.8. The summed E-state index contributed by atoms with van der Waals surface area (Å²) >= 11 is 0. The van der Waals surface area contributed by atoms with Crippen LogP contribution in [0.1, 0.15) is 57.4 Å². The van der Waals surface area contributed by atoms with Gasteiger partial charge in [0.05, 0.1) is 10.6 Å². The predicted molar refractivity (Wildman–Crippen MR) is 116 cm³/mol. The molecule has 31 heavy (non-hydrogen) atoms. The number of benzene rings is 1. The van der Waals surface area contributed by atoms with Crippen LogP contribution in [0.4, 0.5) is 5.69 Å². The van der Waals surface area contributed by atoms with Gasteiger partial charge in [0.2, 0.25) is 15.9 Å². The molecule has 1 saturated heterocycles. The van der Waals surface area contributed by atoms with Crippen molar-refractivity contribution in [3.8, 4) is 5.75 Å². The molecule has 2 aliphatic heterocycles. The highest BCUT2D eigenvalue weighted by molar-refractivity contribution is 7.89. The van der Waals surface area contributed by atoms with Gasteiger partial charge in [-0.1, -0.05) is 19.3 Å². The number of sulfonamides is 1. The number of anilines is 1. The van der Waals surface area contributed by atoms with E-state index >= 15 is 0 Å². The maximum Gasteiger partial charge on any atom is 0.265 e. The van der Waals surface area contributed by atoms with Gasteiger partial charge in [0.15, 0.2) is 6.10 Å². The van der Waals surface area contributed by atoms with Gasteiger partial charge in [-0.2, -0.15) is 4.31 Å². The number of rotatable bonds is 4. The Morgan fingerprint density at radius 2 is 1.81 bits per heavy atom. The number of aryl methyl sites for hydroxylation is 1. The molecule has 8 nitrogen and oxygen atoms in total. The third kappa shape index (κ3) is 4.57. The fourth-order valence-corrected chi connectivity index (χ4v) is 6.38. The number of carbonyl (C=O) groups is 2. The van der Waals surface area contributed by atoms with E-state index in [-0.39, 0.29) is 28.7 Å². The van der Waals surface area contributed by atoms with Gasteiger partial charge in [0, 0.05) is 31.1 Å². The lowest BCUT2D eigenvalue weighted by molar-refractivity contribution is -0.127. The molecule has 2 fully saturated rings. The zero-order valence-electron chi connectivity index (χ0n) is 18.1. The molecule has 9 heteroatoms. The van der Waals surface area contributed by atoms with E-state index in [1.54, 1.807) is 19.9 Å². The zero-order valence-corrected chi connectivity index (χ0v) is 19.0. The van der Waals surface area contributed by atoms with Crippen LogP contribution in [0.2, 0.25) is 0 Å². The fraction of sp³-hybridized carbons (Fsp3) is 0.636. The second-order valence-corrected chi connectivity index (χ2v) is 10.8. The molecule has 4 rings (SSSR count). The lowest BCUT2D eigenvalue weighted by atomic mass is 9.93. The summed E-state index contributed by atoms with van der Waals surface area (Å²) in [7, 11) is -3.72. The minimum Gasteiger partial charge on any atom is -0.479 e. The minimum atomic E-state index is -3.72. The highest BCUT2D eigenvalue weighted by Gasteiger charge is 2.35. The second kappa shape index (κ2) is 8.78. The molecule has 1 saturated carbocycles. The summed E-state index contributed by atoms with van der Waals surface area (Å²) in [5.41, 5.74) is 1.03. The maximum absolute atomic E-state index is 13.3. The van der Waals surface area contributed by atoms with Crippen molar-refractivity contribution in [2.24, 2.45) is 5.92 Å². The van der Waals surface area contributed by atoms with Crippen LogP contribution < -0.4 is 15.4 Å². The number of piperidine rings is 1. The van der Waals surface area contributed by atoms with E-state index in [9.17, 15) is 18.0 Å². The van der Waals surface area contributed by atoms with Gasteiger partial charge in [0.25, 0.3) is 5.91 Å². The van der Waals surface area contributed by atoms with E-state index < -0.39 is 16.1 Å². The van der Waals surface area contributed by atoms with Gasteiger partial charge in [0.1, 0.15) is 5.75 Å². The van der Waals surface area contributed by atoms with Crippen LogP contribution in [0.5, 0.6) is 5.75 Å². The highest BCUT2D eigenvalue weighted by Crippen LogP contribution is 2.36. The Balaban J connectivity index is 1.43. The van der Waals surface area contributed by atoms with Crippen molar-refractivity contribution >= 4 is 27.5 Å². The summed E-state index contributed by atoms with van der Waals surface area (Å²) in [6.45, 7) is 3.96. The van der Waals surface area contributed by atoms with Crippen molar-refractivity contribution in [1.29, 1.82) is 0 Å². The number of fused-ring (bicyclic) bond motifs is 1. The molecule has 1 aromatic carbocycles. The summed E-state index contributed by atoms with van der Waals surface area (Å²) < 4.78 is 33.7. The predicted octanol–water partition coefficient (Wildman–Crippen LogP) is 2.56. The number of carbonyl (C=O) groups excluding carboxylic acids is 2. The smallest absolute Gasteiger partial charge is 0.265 e. The van der Waals surface area contributed by atoms with Gasteiger partial charge >= 0.3 is 0 Å². The first-order valence-electron chi connectivity index (χ1n) is 11.2. The summed E-state index contributed by atoms with van der Waals surface area (Å²) in [4.78, 5) is 24.6. The Hall–Kier alpha value is -2.13. The summed E-state index contributed by atoms with van der Waals surface area (Å²) in [6, 6.07) is 3.40. The van der Waals surface area contributed by atoms with E-state index in [0.29, 0.717) is 42.9 Å². The number of ether oxygens (including phenoxy) is 1. The van der Waals surface area contributed by atoms with Crippen LogP contribution in [-0.2, 0) is 19.6 Å². The van der Waals surface area contributed by atoms with Crippen molar-refractivity contribution in [3.05, 3.63) is 17.7 Å². The summed E-state index contributed by atoms with van der Waals surface area (Å²) in [5, 5.41) is 5.91. The minimum absolute atomic E-state index is 0.0621. The van der Waals surface area contributed by atoms with E-state index in [1.165, 1.54) is 16.8 Å². The third-order valence-corrected chi connectivity index (χ3v) is 8.64. The topological polar surface area (TPSA) is 105 Å². The molecule has 0 spiro atoms. The number of hydrogen-bond donors (Lipinski definition) is 2. The molecule has 2 N–H and O–H groups in total. The normalized spacial score (nSPS) is 23.5. The van der Waals surface area contributed by atoms with Gasteiger partial charge < -0.3 is 15.4 Å². The Kier molecular flexibility index (Phi) is 6.25. The summed E-state index contributed by atoms with van der Waals surface area (Å²) in [5.74, 6) is 0.0264. The van der Waals surface area contributed by atoms with Gasteiger partial charge in [-0.15, -0.1) is 0 Å². The lowest BCUT2D eigenvalue weighted by Gasteiger charge is -2.33. The number of amides is 2. The molecule has 1 aromatic rings. The van der Waals surface area contributed by atoms with Gasteiger partial charge in [-0.05, 0) is 51.2 Å². The Labute approximate surface area is 183 Å². The van der Waals surface area contributed by atoms with E-state index in [4.69, 9.17) is 4.74 Å². The molecule has 1 atom stereocenters. The average molecular weight is 450 g/mol. The van der Waals surface area contributed by atoms with Gasteiger partial charge in [-0.3, -0.25) is 9.59 Å². The van der Waals surface area contributed by atoms with E-state index in [2.05, 4.69) is 10.6 Å². The largest absolute Gasteiger partial charge is 0.479 e. The van der Waals surface area contributed by atoms with Gasteiger partial charge in [-0.25, -0.2) is 8.42 Å². The van der Waals surface area contributed by atoms with Crippen molar-refractivity contribution in [2.45, 2.75) is 75.8 Å². The van der Waals surface area contributed by atoms with Crippen molar-refractivity contribution in [1.82, 2.24) is 9.62 Å². The lowest BCUT2D eigenvalue weighted by Crippen LogP contribution is -2.45. The summed E-state index contributed by atoms with van der Waals surface area (Å²) in [6.07, 6.45) is 6.00. The van der Waals surface area contributed by atoms with Crippen LogP contribution in [0.3, 0.4) is 0 Å². The molecule has 0 bridgehead atoms. The van der Waals surface area contributed by atoms with E-state index in [0.717, 1.165) is 25.7 Å². The first kappa shape index (κ1) is 22.1. The van der Waals surface area contributed by atoms with Crippen LogP contribution in [0, 0.1) is 12.8 Å². The van der Waals surface area contributed by atoms with Crippen LogP contribution in [-0.4, -0.2) is 49.8 Å². The number of hydrogen-bond acceptors (Lipinski definition) is 5. The van der Waals surface area contributed by atoms with E-state index in [1.807, 2.05) is 0 Å². The molecular formula is C22H31N3O5S. The highest BCUT2D eigenvalue weighted by atomic mass is 32.2. The average Bonchev–Trinajstić information content (AvgIpc) is 2.75. The molecule has 0 unspecified atom stereocenters. The quantitative estimate of drug-likeness (QED) is 0.735. The number of nitrogens with one attached hydrogen (secondary N) is 2. The maximum atomic E-state index is 13.3. The van der Waals surface area contributed by atoms with Crippen LogP contribution in [0.15, 0.2) is 17.0 Å². The molecule has 1 aliphatic carbocycles. The van der Waals surface area contributed by atoms with Crippen LogP contribution >= 0.6 is 0 Å². The zero-order chi connectivity index (χ0) is 22.2. The van der Waals surface area contributed by atoms with Crippen molar-refractivity contribution in [2.75, 3.05) is 18.4 Å². The monoisotopic (exact) mass is 449 g/mol. The first-order valence-corrected chi connectivity index (χ1v) is 12.6. The molecule has 3 aliphatic rings. The molecule has 2 amide bonds. The standard InChI is InChI=1S/C22H31N3O5S/c1-14-12-18-19(30-15(2)21(26)24-18)13-20(14)31(28,29)25-10-8-16(9-11-25)22(27)23-17-6-4-3-5-7-17/h12-13,15-17H,3-11H2,1-2H3,(H,23,27)(H,24,26)/t15-/m1/s1.